The number of halogens is 1. The first-order valence-electron chi connectivity index (χ1n) is 7.78. The second-order valence-electron chi connectivity index (χ2n) is 5.52. The van der Waals surface area contributed by atoms with Crippen LogP contribution in [-0.4, -0.2) is 20.4 Å². The standard InChI is InChI=1S/C19H17FN4O/c1-14(11-15-4-6-17(20)7-5-15)19(25)23-12-16-3-2-8-22-18(16)24-10-9-21-13-24/h2-11,13H,12H2,1H3,(H,23,25). The van der Waals surface area contributed by atoms with E-state index >= 15 is 0 Å². The van der Waals surface area contributed by atoms with Gasteiger partial charge in [-0.2, -0.15) is 0 Å². The minimum Gasteiger partial charge on any atom is -0.348 e. The van der Waals surface area contributed by atoms with E-state index in [1.54, 1.807) is 54.6 Å². The van der Waals surface area contributed by atoms with Gasteiger partial charge in [0, 0.05) is 36.3 Å². The molecule has 3 aromatic rings. The third kappa shape index (κ3) is 4.17. The molecule has 2 aromatic heterocycles. The van der Waals surface area contributed by atoms with Gasteiger partial charge in [-0.25, -0.2) is 14.4 Å². The molecule has 0 saturated carbocycles. The first kappa shape index (κ1) is 16.6. The van der Waals surface area contributed by atoms with Gasteiger partial charge < -0.3 is 5.32 Å². The van der Waals surface area contributed by atoms with Crippen molar-refractivity contribution in [1.82, 2.24) is 19.9 Å². The largest absolute Gasteiger partial charge is 0.348 e. The number of hydrogen-bond acceptors (Lipinski definition) is 3. The summed E-state index contributed by atoms with van der Waals surface area (Å²) in [5.41, 5.74) is 2.19. The van der Waals surface area contributed by atoms with Crippen LogP contribution in [0.5, 0.6) is 0 Å². The first-order valence-corrected chi connectivity index (χ1v) is 7.78. The van der Waals surface area contributed by atoms with Gasteiger partial charge in [0.15, 0.2) is 0 Å². The van der Waals surface area contributed by atoms with Crippen LogP contribution < -0.4 is 5.32 Å². The summed E-state index contributed by atoms with van der Waals surface area (Å²) in [5.74, 6) is 0.230. The van der Waals surface area contributed by atoms with Crippen molar-refractivity contribution < 1.29 is 9.18 Å². The molecule has 6 heteroatoms. The van der Waals surface area contributed by atoms with Crippen LogP contribution in [0.2, 0.25) is 0 Å². The van der Waals surface area contributed by atoms with Crippen LogP contribution in [0.3, 0.4) is 0 Å². The van der Waals surface area contributed by atoms with E-state index in [4.69, 9.17) is 0 Å². The van der Waals surface area contributed by atoms with Gasteiger partial charge in [-0.1, -0.05) is 18.2 Å². The Morgan fingerprint density at radius 2 is 2.04 bits per heavy atom. The highest BCUT2D eigenvalue weighted by atomic mass is 19.1. The second-order valence-corrected chi connectivity index (χ2v) is 5.52. The van der Waals surface area contributed by atoms with Crippen LogP contribution in [0.4, 0.5) is 4.39 Å². The Balaban J connectivity index is 1.69. The summed E-state index contributed by atoms with van der Waals surface area (Å²) in [7, 11) is 0. The van der Waals surface area contributed by atoms with Crippen molar-refractivity contribution in [1.29, 1.82) is 0 Å². The van der Waals surface area contributed by atoms with E-state index in [9.17, 15) is 9.18 Å². The minimum absolute atomic E-state index is 0.190. The number of nitrogens with zero attached hydrogens (tertiary/aromatic N) is 3. The number of aromatic nitrogens is 3. The summed E-state index contributed by atoms with van der Waals surface area (Å²) in [6.45, 7) is 2.06. The predicted molar refractivity (Wildman–Crippen MR) is 93.3 cm³/mol. The van der Waals surface area contributed by atoms with Crippen molar-refractivity contribution in [3.05, 3.63) is 83.8 Å². The van der Waals surface area contributed by atoms with Crippen LogP contribution >= 0.6 is 0 Å². The fourth-order valence-corrected chi connectivity index (χ4v) is 2.37. The number of pyridine rings is 1. The molecule has 126 valence electrons. The Kier molecular flexibility index (Phi) is 4.99. The molecule has 0 bridgehead atoms. The zero-order chi connectivity index (χ0) is 17.6. The number of amides is 1. The number of rotatable bonds is 5. The van der Waals surface area contributed by atoms with Crippen molar-refractivity contribution in [3.63, 3.8) is 0 Å². The SMILES string of the molecule is CC(=Cc1ccc(F)cc1)C(=O)NCc1cccnc1-n1ccnc1. The van der Waals surface area contributed by atoms with E-state index in [1.165, 1.54) is 12.1 Å². The third-order valence-electron chi connectivity index (χ3n) is 3.67. The molecule has 25 heavy (non-hydrogen) atoms. The lowest BCUT2D eigenvalue weighted by molar-refractivity contribution is -0.117. The normalized spacial score (nSPS) is 11.4. The number of benzene rings is 1. The summed E-state index contributed by atoms with van der Waals surface area (Å²) in [6, 6.07) is 9.72. The molecule has 1 aromatic carbocycles. The molecule has 0 unspecified atom stereocenters. The monoisotopic (exact) mass is 336 g/mol. The molecule has 2 heterocycles. The highest BCUT2D eigenvalue weighted by molar-refractivity contribution is 5.97. The Morgan fingerprint density at radius 1 is 1.24 bits per heavy atom. The Morgan fingerprint density at radius 3 is 2.76 bits per heavy atom. The van der Waals surface area contributed by atoms with E-state index in [2.05, 4.69) is 15.3 Å². The lowest BCUT2D eigenvalue weighted by atomic mass is 10.1. The summed E-state index contributed by atoms with van der Waals surface area (Å²) in [4.78, 5) is 20.6. The Hall–Kier alpha value is -3.28. The lowest BCUT2D eigenvalue weighted by Crippen LogP contribution is -2.24. The van der Waals surface area contributed by atoms with Crippen LogP contribution in [0.15, 0.2) is 66.9 Å². The van der Waals surface area contributed by atoms with Gasteiger partial charge in [-0.3, -0.25) is 9.36 Å². The summed E-state index contributed by atoms with van der Waals surface area (Å²) in [6.07, 6.45) is 8.54. The van der Waals surface area contributed by atoms with E-state index < -0.39 is 0 Å². The van der Waals surface area contributed by atoms with Gasteiger partial charge in [0.05, 0.1) is 0 Å². The van der Waals surface area contributed by atoms with Crippen LogP contribution in [-0.2, 0) is 11.3 Å². The van der Waals surface area contributed by atoms with Crippen LogP contribution in [0.1, 0.15) is 18.1 Å². The maximum Gasteiger partial charge on any atom is 0.247 e. The van der Waals surface area contributed by atoms with Gasteiger partial charge in [-0.15, -0.1) is 0 Å². The van der Waals surface area contributed by atoms with Crippen molar-refractivity contribution in [2.75, 3.05) is 0 Å². The lowest BCUT2D eigenvalue weighted by Gasteiger charge is -2.10. The molecule has 1 N–H and O–H groups in total. The van der Waals surface area contributed by atoms with E-state index in [0.717, 1.165) is 16.9 Å². The Labute approximate surface area is 144 Å². The van der Waals surface area contributed by atoms with Gasteiger partial charge in [0.25, 0.3) is 0 Å². The van der Waals surface area contributed by atoms with Gasteiger partial charge in [0.2, 0.25) is 5.91 Å². The maximum absolute atomic E-state index is 12.9. The molecule has 0 saturated heterocycles. The summed E-state index contributed by atoms with van der Waals surface area (Å²) >= 11 is 0. The molecule has 1 amide bonds. The van der Waals surface area contributed by atoms with Gasteiger partial charge >= 0.3 is 0 Å². The number of carbonyl (C=O) groups is 1. The van der Waals surface area contributed by atoms with E-state index in [0.29, 0.717) is 12.1 Å². The molecule has 0 atom stereocenters. The van der Waals surface area contributed by atoms with Crippen molar-refractivity contribution in [3.8, 4) is 5.82 Å². The number of carbonyl (C=O) groups excluding carboxylic acids is 1. The second kappa shape index (κ2) is 7.53. The minimum atomic E-state index is -0.303. The quantitative estimate of drug-likeness (QED) is 0.728. The fraction of sp³-hybridized carbons (Fsp3) is 0.105. The van der Waals surface area contributed by atoms with Crippen molar-refractivity contribution in [2.24, 2.45) is 0 Å². The zero-order valence-corrected chi connectivity index (χ0v) is 13.7. The zero-order valence-electron chi connectivity index (χ0n) is 13.7. The molecule has 0 aliphatic carbocycles. The summed E-state index contributed by atoms with van der Waals surface area (Å²) < 4.78 is 14.7. The molecule has 5 nitrogen and oxygen atoms in total. The molecular formula is C19H17FN4O. The Bertz CT molecular complexity index is 886. The molecule has 3 rings (SSSR count). The number of hydrogen-bond donors (Lipinski definition) is 1. The molecule has 0 aliphatic rings. The van der Waals surface area contributed by atoms with Crippen LogP contribution in [0, 0.1) is 5.82 Å². The highest BCUT2D eigenvalue weighted by Gasteiger charge is 2.08. The van der Waals surface area contributed by atoms with Gasteiger partial charge in [0.1, 0.15) is 18.0 Å². The molecule has 0 aliphatic heterocycles. The number of nitrogens with one attached hydrogen (secondary N) is 1. The topological polar surface area (TPSA) is 59.8 Å². The first-order chi connectivity index (χ1) is 12.1. The molecule has 0 radical (unpaired) electrons. The van der Waals surface area contributed by atoms with Gasteiger partial charge in [-0.05, 0) is 36.8 Å². The number of imidazole rings is 1. The fourth-order valence-electron chi connectivity index (χ4n) is 2.37. The van der Waals surface area contributed by atoms with Crippen molar-refractivity contribution >= 4 is 12.0 Å². The average Bonchev–Trinajstić information content (AvgIpc) is 3.16. The van der Waals surface area contributed by atoms with Crippen molar-refractivity contribution in [2.45, 2.75) is 13.5 Å². The molecular weight excluding hydrogens is 319 g/mol. The third-order valence-corrected chi connectivity index (χ3v) is 3.67. The molecule has 0 fully saturated rings. The molecule has 0 spiro atoms. The predicted octanol–water partition coefficient (Wildman–Crippen LogP) is 3.13. The maximum atomic E-state index is 12.9. The summed E-state index contributed by atoms with van der Waals surface area (Å²) in [5, 5.41) is 2.88. The average molecular weight is 336 g/mol. The smallest absolute Gasteiger partial charge is 0.247 e. The van der Waals surface area contributed by atoms with Crippen LogP contribution in [0.25, 0.3) is 11.9 Å². The highest BCUT2D eigenvalue weighted by Crippen LogP contribution is 2.12. The van der Waals surface area contributed by atoms with E-state index in [-0.39, 0.29) is 11.7 Å². The van der Waals surface area contributed by atoms with E-state index in [1.807, 2.05) is 12.1 Å².